The zero-order valence-corrected chi connectivity index (χ0v) is 25.5. The van der Waals surface area contributed by atoms with Crippen molar-refractivity contribution < 1.29 is 24.2 Å². The molecule has 2 bridgehead atoms. The van der Waals surface area contributed by atoms with Gasteiger partial charge in [-0.15, -0.1) is 13.2 Å². The highest BCUT2D eigenvalue weighted by atomic mass is 35.5. The van der Waals surface area contributed by atoms with Crippen LogP contribution in [0.1, 0.15) is 52.0 Å². The van der Waals surface area contributed by atoms with Crippen molar-refractivity contribution in [1.82, 2.24) is 9.80 Å². The van der Waals surface area contributed by atoms with Crippen LogP contribution < -0.4 is 4.90 Å². The summed E-state index contributed by atoms with van der Waals surface area (Å²) in [5, 5.41) is 9.90. The summed E-state index contributed by atoms with van der Waals surface area (Å²) in [6.45, 7) is 17.0. The van der Waals surface area contributed by atoms with E-state index in [1.54, 1.807) is 32.9 Å². The number of aliphatic hydroxyl groups is 1. The number of aryl methyl sites for hydroxylation is 1. The molecule has 3 unspecified atom stereocenters. The van der Waals surface area contributed by atoms with Crippen LogP contribution in [0.5, 0.6) is 0 Å². The average Bonchev–Trinajstić information content (AvgIpc) is 3.44. The Labute approximate surface area is 248 Å². The number of halogens is 1. The summed E-state index contributed by atoms with van der Waals surface area (Å²) in [5.41, 5.74) is -0.671. The van der Waals surface area contributed by atoms with Crippen molar-refractivity contribution in [2.45, 2.75) is 70.6 Å². The fourth-order valence-corrected chi connectivity index (χ4v) is 7.80. The van der Waals surface area contributed by atoms with Crippen LogP contribution in [0.2, 0.25) is 5.02 Å². The monoisotopic (exact) mass is 585 g/mol. The van der Waals surface area contributed by atoms with E-state index in [0.29, 0.717) is 43.1 Å². The van der Waals surface area contributed by atoms with Crippen LogP contribution in [-0.4, -0.2) is 82.7 Å². The van der Waals surface area contributed by atoms with Gasteiger partial charge in [0, 0.05) is 32.8 Å². The summed E-state index contributed by atoms with van der Waals surface area (Å²) in [4.78, 5) is 48.3. The molecule has 0 saturated carbocycles. The topological polar surface area (TPSA) is 90.4 Å². The third-order valence-corrected chi connectivity index (χ3v) is 9.62. The van der Waals surface area contributed by atoms with Crippen molar-refractivity contribution in [3.8, 4) is 0 Å². The van der Waals surface area contributed by atoms with Crippen molar-refractivity contribution in [2.24, 2.45) is 17.8 Å². The van der Waals surface area contributed by atoms with E-state index in [1.165, 1.54) is 0 Å². The summed E-state index contributed by atoms with van der Waals surface area (Å²) >= 11 is 6.64. The minimum atomic E-state index is -1.16. The Bertz CT molecular complexity index is 1190. The molecule has 1 spiro atoms. The van der Waals surface area contributed by atoms with Gasteiger partial charge in [0.05, 0.1) is 28.1 Å². The summed E-state index contributed by atoms with van der Waals surface area (Å²) in [6, 6.07) is 4.51. The third kappa shape index (κ3) is 5.02. The van der Waals surface area contributed by atoms with E-state index < -0.39 is 29.1 Å². The quantitative estimate of drug-likeness (QED) is 0.274. The molecule has 1 aromatic carbocycles. The van der Waals surface area contributed by atoms with Crippen molar-refractivity contribution in [3.05, 3.63) is 54.1 Å². The van der Waals surface area contributed by atoms with E-state index in [9.17, 15) is 19.5 Å². The molecule has 6 atom stereocenters. The van der Waals surface area contributed by atoms with Crippen LogP contribution in [0.15, 0.2) is 43.5 Å². The van der Waals surface area contributed by atoms with Crippen LogP contribution >= 0.6 is 11.6 Å². The second-order valence-electron chi connectivity index (χ2n) is 11.9. The van der Waals surface area contributed by atoms with Gasteiger partial charge in [0.25, 0.3) is 5.91 Å². The van der Waals surface area contributed by atoms with Crippen molar-refractivity contribution >= 4 is 35.0 Å². The first kappa shape index (κ1) is 31.3. The minimum Gasteiger partial charge on any atom is -0.396 e. The van der Waals surface area contributed by atoms with Gasteiger partial charge >= 0.3 is 0 Å². The molecule has 0 aromatic heterocycles. The van der Waals surface area contributed by atoms with Crippen LogP contribution in [0.3, 0.4) is 0 Å². The lowest BCUT2D eigenvalue weighted by Gasteiger charge is -2.39. The van der Waals surface area contributed by atoms with Gasteiger partial charge in [0.1, 0.15) is 11.6 Å². The van der Waals surface area contributed by atoms with Crippen molar-refractivity contribution in [2.75, 3.05) is 37.7 Å². The Morgan fingerprint density at radius 3 is 2.54 bits per heavy atom. The second-order valence-corrected chi connectivity index (χ2v) is 12.3. The second kappa shape index (κ2) is 12.3. The number of benzene rings is 1. The van der Waals surface area contributed by atoms with Gasteiger partial charge in [-0.25, -0.2) is 0 Å². The Kier molecular flexibility index (Phi) is 9.36. The lowest BCUT2D eigenvalue weighted by molar-refractivity contribution is -0.151. The van der Waals surface area contributed by atoms with Gasteiger partial charge in [0.2, 0.25) is 11.8 Å². The summed E-state index contributed by atoms with van der Waals surface area (Å²) in [5.74, 6) is -2.24. The molecule has 3 fully saturated rings. The number of amides is 3. The predicted octanol–water partition coefficient (Wildman–Crippen LogP) is 4.38. The lowest BCUT2D eigenvalue weighted by Crippen LogP contribution is -2.57. The molecule has 1 aromatic rings. The summed E-state index contributed by atoms with van der Waals surface area (Å²) < 4.78 is 6.90. The van der Waals surface area contributed by atoms with Crippen LogP contribution in [0.4, 0.5) is 5.69 Å². The number of ether oxygens (including phenoxy) is 1. The molecular formula is C32H44ClN3O5. The Hall–Kier alpha value is -2.68. The molecule has 224 valence electrons. The molecule has 1 N–H and O–H groups in total. The number of anilines is 1. The highest BCUT2D eigenvalue weighted by Crippen LogP contribution is 2.65. The Balaban J connectivity index is 1.85. The maximum atomic E-state index is 14.8. The molecule has 0 aliphatic carbocycles. The highest BCUT2D eigenvalue weighted by molar-refractivity contribution is 6.34. The van der Waals surface area contributed by atoms with E-state index in [-0.39, 0.29) is 43.3 Å². The van der Waals surface area contributed by atoms with Gasteiger partial charge in [-0.05, 0) is 57.1 Å². The average molecular weight is 586 g/mol. The van der Waals surface area contributed by atoms with E-state index in [2.05, 4.69) is 13.2 Å². The van der Waals surface area contributed by atoms with Crippen molar-refractivity contribution in [1.29, 1.82) is 0 Å². The number of aliphatic hydroxyl groups excluding tert-OH is 1. The summed E-state index contributed by atoms with van der Waals surface area (Å²) in [6.07, 6.45) is 5.60. The van der Waals surface area contributed by atoms with E-state index in [1.807, 2.05) is 39.8 Å². The fraction of sp³-hybridized carbons (Fsp3) is 0.594. The number of para-hydroxylation sites is 1. The molecule has 9 heteroatoms. The zero-order valence-electron chi connectivity index (χ0n) is 24.8. The molecule has 3 aliphatic heterocycles. The number of hydrogen-bond donors (Lipinski definition) is 1. The Morgan fingerprint density at radius 1 is 1.22 bits per heavy atom. The Morgan fingerprint density at radius 2 is 1.93 bits per heavy atom. The lowest BCUT2D eigenvalue weighted by atomic mass is 9.62. The zero-order chi connectivity index (χ0) is 30.1. The normalized spacial score (nSPS) is 29.9. The molecule has 3 saturated heterocycles. The molecule has 4 rings (SSSR count). The number of hydrogen-bond acceptors (Lipinski definition) is 5. The largest absolute Gasteiger partial charge is 0.396 e. The number of carbonyl (C=O) groups excluding carboxylic acids is 3. The standard InChI is InChI=1S/C32H44ClN3O5/c1-7-15-34(16-8-2)28(38)24-25-29(39)36(18-10-11-19-37)27(32(25)20-22(5)31(24,6)41-32)30(40)35(17-9-3)26-21(4)13-12-14-23(26)33/h7,9,12-14,22,24-25,27,37H,1,3,8,10-11,15-20H2,2,4-6H3/t22?,24-,25-,27?,31+,32?/m0/s1. The van der Waals surface area contributed by atoms with Gasteiger partial charge < -0.3 is 24.5 Å². The molecule has 0 radical (unpaired) electrons. The molecule has 3 aliphatic rings. The van der Waals surface area contributed by atoms with Gasteiger partial charge in [-0.2, -0.15) is 0 Å². The van der Waals surface area contributed by atoms with Gasteiger partial charge in [-0.1, -0.05) is 49.7 Å². The maximum Gasteiger partial charge on any atom is 0.253 e. The molecular weight excluding hydrogens is 542 g/mol. The molecule has 8 nitrogen and oxygen atoms in total. The van der Waals surface area contributed by atoms with E-state index >= 15 is 0 Å². The van der Waals surface area contributed by atoms with Crippen LogP contribution in [0.25, 0.3) is 0 Å². The predicted molar refractivity (Wildman–Crippen MR) is 161 cm³/mol. The maximum absolute atomic E-state index is 14.8. The smallest absolute Gasteiger partial charge is 0.253 e. The molecule has 41 heavy (non-hydrogen) atoms. The number of likely N-dealkylation sites (tertiary alicyclic amines) is 1. The first-order chi connectivity index (χ1) is 19.5. The number of unbranched alkanes of at least 4 members (excludes halogenated alkanes) is 1. The molecule has 3 heterocycles. The first-order valence-corrected chi connectivity index (χ1v) is 15.1. The third-order valence-electron chi connectivity index (χ3n) is 9.31. The highest BCUT2D eigenvalue weighted by Gasteiger charge is 2.80. The van der Waals surface area contributed by atoms with Crippen molar-refractivity contribution in [3.63, 3.8) is 0 Å². The molecule has 3 amide bonds. The number of carbonyl (C=O) groups is 3. The van der Waals surface area contributed by atoms with E-state index in [4.69, 9.17) is 16.3 Å². The van der Waals surface area contributed by atoms with Crippen LogP contribution in [0, 0.1) is 24.7 Å². The van der Waals surface area contributed by atoms with Crippen LogP contribution in [-0.2, 0) is 19.1 Å². The van der Waals surface area contributed by atoms with Gasteiger partial charge in [0.15, 0.2) is 0 Å². The fourth-order valence-electron chi connectivity index (χ4n) is 7.48. The summed E-state index contributed by atoms with van der Waals surface area (Å²) in [7, 11) is 0. The SMILES string of the molecule is C=CCN(CCC)C(=O)[C@@H]1[C@H]2C(=O)N(CCCCO)C(C(=O)N(CC=C)c3c(C)cccc3Cl)C23CC(C)[C@@]1(C)O3. The number of fused-ring (bicyclic) bond motifs is 1. The minimum absolute atomic E-state index is 0.0170. The number of nitrogens with zero attached hydrogens (tertiary/aromatic N) is 3. The van der Waals surface area contributed by atoms with E-state index in [0.717, 1.165) is 12.0 Å². The number of rotatable bonds is 13. The van der Waals surface area contributed by atoms with Gasteiger partial charge in [-0.3, -0.25) is 14.4 Å². The first-order valence-electron chi connectivity index (χ1n) is 14.7.